The smallest absolute Gasteiger partial charge is 0.226 e. The van der Waals surface area contributed by atoms with Gasteiger partial charge in [-0.15, -0.1) is 0 Å². The lowest BCUT2D eigenvalue weighted by Crippen LogP contribution is -2.32. The molecule has 0 fully saturated rings. The molecule has 2 aliphatic rings. The Morgan fingerprint density at radius 2 is 1.84 bits per heavy atom. The van der Waals surface area contributed by atoms with E-state index in [1.807, 2.05) is 59.3 Å². The van der Waals surface area contributed by atoms with Crippen molar-refractivity contribution in [2.24, 2.45) is 0 Å². The lowest BCUT2D eigenvalue weighted by atomic mass is 9.84. The number of rotatable bonds is 3. The quantitative estimate of drug-likeness (QED) is 0.500. The van der Waals surface area contributed by atoms with E-state index in [2.05, 4.69) is 15.4 Å². The van der Waals surface area contributed by atoms with Gasteiger partial charge >= 0.3 is 0 Å². The van der Waals surface area contributed by atoms with Gasteiger partial charge in [-0.1, -0.05) is 36.4 Å². The minimum atomic E-state index is -0.517. The fourth-order valence-corrected chi connectivity index (χ4v) is 4.49. The molecule has 0 unspecified atom stereocenters. The maximum absolute atomic E-state index is 14.2. The molecule has 0 aliphatic carbocycles. The molecular weight excluding hydrogens is 407 g/mol. The van der Waals surface area contributed by atoms with Crippen molar-refractivity contribution in [3.8, 4) is 11.5 Å². The van der Waals surface area contributed by atoms with Crippen molar-refractivity contribution in [1.29, 1.82) is 0 Å². The molecule has 2 aliphatic heterocycles. The largest absolute Gasteiger partial charge is 0.497 e. The molecule has 1 aromatic heterocycles. The minimum absolute atomic E-state index is 0.310. The average Bonchev–Trinajstić information content (AvgIpc) is 3.30. The molecule has 0 spiro atoms. The second-order valence-electron chi connectivity index (χ2n) is 7.71. The van der Waals surface area contributed by atoms with Crippen molar-refractivity contribution in [1.82, 2.24) is 14.8 Å². The molecule has 0 saturated heterocycles. The van der Waals surface area contributed by atoms with Crippen molar-refractivity contribution < 1.29 is 13.9 Å². The number of benzene rings is 3. The second-order valence-corrected chi connectivity index (χ2v) is 7.71. The number of para-hydroxylation sites is 1. The summed E-state index contributed by atoms with van der Waals surface area (Å²) in [5.41, 5.74) is 4.45. The summed E-state index contributed by atoms with van der Waals surface area (Å²) in [5.74, 6) is 1.79. The van der Waals surface area contributed by atoms with Crippen LogP contribution in [0.5, 0.6) is 11.5 Å². The summed E-state index contributed by atoms with van der Waals surface area (Å²) in [5, 5.41) is 7.94. The molecule has 0 radical (unpaired) electrons. The van der Waals surface area contributed by atoms with E-state index in [1.54, 1.807) is 13.2 Å². The summed E-state index contributed by atoms with van der Waals surface area (Å²) in [7, 11) is 1.64. The fourth-order valence-electron chi connectivity index (χ4n) is 4.49. The molecular formula is C25H19FN4O2. The van der Waals surface area contributed by atoms with Gasteiger partial charge in [0.25, 0.3) is 0 Å². The molecule has 3 heterocycles. The van der Waals surface area contributed by atoms with Crippen LogP contribution in [0.3, 0.4) is 0 Å². The Labute approximate surface area is 183 Å². The van der Waals surface area contributed by atoms with Crippen LogP contribution in [0, 0.1) is 5.82 Å². The van der Waals surface area contributed by atoms with Crippen LogP contribution in [0.4, 0.5) is 10.3 Å². The number of fused-ring (bicyclic) bond motifs is 3. The standard InChI is InChI=1S/C25H19FN4O2/c1-31-18-9-5-6-15(13-18)23-21-22(29-25-27-14-28-30(23)25)19-10-2-3-11-20(19)32-24(21)16-7-4-8-17(26)12-16/h2-14,23-24H,1H3,(H,27,28,29)/t23-,24+/m1/s1. The first-order valence-corrected chi connectivity index (χ1v) is 10.3. The summed E-state index contributed by atoms with van der Waals surface area (Å²) in [6.45, 7) is 0. The molecule has 3 aromatic carbocycles. The van der Waals surface area contributed by atoms with Crippen LogP contribution < -0.4 is 14.8 Å². The highest BCUT2D eigenvalue weighted by Crippen LogP contribution is 2.50. The van der Waals surface area contributed by atoms with E-state index in [0.717, 1.165) is 39.5 Å². The van der Waals surface area contributed by atoms with Crippen LogP contribution in [-0.2, 0) is 0 Å². The van der Waals surface area contributed by atoms with Gasteiger partial charge in [0, 0.05) is 11.1 Å². The van der Waals surface area contributed by atoms with Gasteiger partial charge in [0.15, 0.2) is 0 Å². The molecule has 6 nitrogen and oxygen atoms in total. The van der Waals surface area contributed by atoms with Crippen LogP contribution >= 0.6 is 0 Å². The predicted octanol–water partition coefficient (Wildman–Crippen LogP) is 4.99. The van der Waals surface area contributed by atoms with Crippen LogP contribution in [-0.4, -0.2) is 21.9 Å². The highest BCUT2D eigenvalue weighted by Gasteiger charge is 2.41. The summed E-state index contributed by atoms with van der Waals surface area (Å²) >= 11 is 0. The zero-order valence-electron chi connectivity index (χ0n) is 17.2. The van der Waals surface area contributed by atoms with Crippen molar-refractivity contribution >= 4 is 11.6 Å². The number of aromatic nitrogens is 3. The normalized spacial score (nSPS) is 18.7. The van der Waals surface area contributed by atoms with E-state index in [9.17, 15) is 4.39 Å². The summed E-state index contributed by atoms with van der Waals surface area (Å²) in [6, 6.07) is 21.9. The number of ether oxygens (including phenoxy) is 2. The Bertz CT molecular complexity index is 1360. The molecule has 7 heteroatoms. The Kier molecular flexibility index (Phi) is 4.21. The summed E-state index contributed by atoms with van der Waals surface area (Å²) in [4.78, 5) is 4.43. The third kappa shape index (κ3) is 2.85. The molecule has 158 valence electrons. The minimum Gasteiger partial charge on any atom is -0.497 e. The Hall–Kier alpha value is -4.13. The summed E-state index contributed by atoms with van der Waals surface area (Å²) in [6.07, 6.45) is 1.01. The topological polar surface area (TPSA) is 61.2 Å². The van der Waals surface area contributed by atoms with E-state index in [4.69, 9.17) is 9.47 Å². The van der Waals surface area contributed by atoms with Gasteiger partial charge in [-0.05, 0) is 47.5 Å². The Morgan fingerprint density at radius 1 is 1.00 bits per heavy atom. The van der Waals surface area contributed by atoms with Crippen LogP contribution in [0.15, 0.2) is 84.7 Å². The molecule has 0 saturated carbocycles. The predicted molar refractivity (Wildman–Crippen MR) is 118 cm³/mol. The first-order chi connectivity index (χ1) is 15.7. The van der Waals surface area contributed by atoms with Crippen molar-refractivity contribution in [2.75, 3.05) is 12.4 Å². The van der Waals surface area contributed by atoms with Crippen molar-refractivity contribution in [2.45, 2.75) is 12.1 Å². The van der Waals surface area contributed by atoms with Crippen LogP contribution in [0.25, 0.3) is 5.70 Å². The Morgan fingerprint density at radius 3 is 2.72 bits per heavy atom. The van der Waals surface area contributed by atoms with Gasteiger partial charge in [-0.3, -0.25) is 0 Å². The number of hydrogen-bond donors (Lipinski definition) is 1. The van der Waals surface area contributed by atoms with E-state index in [0.29, 0.717) is 5.95 Å². The maximum atomic E-state index is 14.2. The lowest BCUT2D eigenvalue weighted by Gasteiger charge is -2.39. The molecule has 2 atom stereocenters. The first kappa shape index (κ1) is 18.6. The van der Waals surface area contributed by atoms with E-state index in [1.165, 1.54) is 18.5 Å². The number of halogens is 1. The van der Waals surface area contributed by atoms with Crippen LogP contribution in [0.2, 0.25) is 0 Å². The highest BCUT2D eigenvalue weighted by atomic mass is 19.1. The Balaban J connectivity index is 1.63. The van der Waals surface area contributed by atoms with Crippen molar-refractivity contribution in [3.63, 3.8) is 0 Å². The van der Waals surface area contributed by atoms with E-state index < -0.39 is 6.10 Å². The number of anilines is 1. The van der Waals surface area contributed by atoms with Gasteiger partial charge < -0.3 is 14.8 Å². The van der Waals surface area contributed by atoms with E-state index in [-0.39, 0.29) is 11.9 Å². The van der Waals surface area contributed by atoms with Gasteiger partial charge in [0.1, 0.15) is 35.8 Å². The third-order valence-electron chi connectivity index (χ3n) is 5.88. The third-order valence-corrected chi connectivity index (χ3v) is 5.88. The van der Waals surface area contributed by atoms with Crippen molar-refractivity contribution in [3.05, 3.63) is 107 Å². The number of hydrogen-bond acceptors (Lipinski definition) is 5. The average molecular weight is 426 g/mol. The summed E-state index contributed by atoms with van der Waals surface area (Å²) < 4.78 is 28.0. The first-order valence-electron chi connectivity index (χ1n) is 10.3. The number of nitrogens with one attached hydrogen (secondary N) is 1. The van der Waals surface area contributed by atoms with Gasteiger partial charge in [-0.25, -0.2) is 9.07 Å². The molecule has 1 N–H and O–H groups in total. The molecule has 32 heavy (non-hydrogen) atoms. The molecule has 6 rings (SSSR count). The van der Waals surface area contributed by atoms with Gasteiger partial charge in [0.2, 0.25) is 5.95 Å². The number of methoxy groups -OCH3 is 1. The zero-order valence-corrected chi connectivity index (χ0v) is 17.2. The fraction of sp³-hybridized carbons (Fsp3) is 0.120. The van der Waals surface area contributed by atoms with E-state index >= 15 is 0 Å². The lowest BCUT2D eigenvalue weighted by molar-refractivity contribution is 0.222. The highest BCUT2D eigenvalue weighted by molar-refractivity contribution is 5.85. The SMILES string of the molecule is COc1cccc([C@@H]2C3=C(Nc4ncnn42)c2ccccc2O[C@H]3c2cccc(F)c2)c1. The van der Waals surface area contributed by atoms with Crippen LogP contribution in [0.1, 0.15) is 28.8 Å². The maximum Gasteiger partial charge on any atom is 0.226 e. The molecule has 0 amide bonds. The second kappa shape index (κ2) is 7.23. The van der Waals surface area contributed by atoms with Gasteiger partial charge in [0.05, 0.1) is 12.8 Å². The zero-order chi connectivity index (χ0) is 21.7. The monoisotopic (exact) mass is 426 g/mol. The number of nitrogens with zero attached hydrogens (tertiary/aromatic N) is 3. The molecule has 0 bridgehead atoms. The van der Waals surface area contributed by atoms with Gasteiger partial charge in [-0.2, -0.15) is 10.1 Å². The molecule has 4 aromatic rings.